The molecule has 3 rings (SSSR count). The Kier molecular flexibility index (Phi) is 3.90. The van der Waals surface area contributed by atoms with Gasteiger partial charge in [0.2, 0.25) is 0 Å². The Hall–Kier alpha value is -1.58. The minimum atomic E-state index is 0.903. The summed E-state index contributed by atoms with van der Waals surface area (Å²) in [6.45, 7) is 4.09. The lowest BCUT2D eigenvalue weighted by Gasteiger charge is -2.09. The first kappa shape index (κ1) is 13.4. The van der Waals surface area contributed by atoms with Gasteiger partial charge in [0.25, 0.3) is 0 Å². The van der Waals surface area contributed by atoms with Gasteiger partial charge in [-0.05, 0) is 43.1 Å². The Labute approximate surface area is 124 Å². The van der Waals surface area contributed by atoms with Crippen LogP contribution in [-0.4, -0.2) is 11.6 Å². The minimum Gasteiger partial charge on any atom is -0.338 e. The quantitative estimate of drug-likeness (QED) is 0.748. The summed E-state index contributed by atoms with van der Waals surface area (Å²) in [5.74, 6) is 0. The van der Waals surface area contributed by atoms with Gasteiger partial charge in [0.15, 0.2) is 0 Å². The summed E-state index contributed by atoms with van der Waals surface area (Å²) in [5.41, 5.74) is 2.67. The number of nitrogens with zero attached hydrogens (tertiary/aromatic N) is 1. The van der Waals surface area contributed by atoms with Crippen molar-refractivity contribution in [1.82, 2.24) is 9.88 Å². The molecule has 0 radical (unpaired) electrons. The van der Waals surface area contributed by atoms with Gasteiger partial charge in [0, 0.05) is 27.5 Å². The third-order valence-corrected chi connectivity index (χ3v) is 4.85. The smallest absolute Gasteiger partial charge is 0.0572 e. The molecule has 0 saturated carbocycles. The van der Waals surface area contributed by atoms with Crippen molar-refractivity contribution in [2.75, 3.05) is 7.05 Å². The third-order valence-electron chi connectivity index (χ3n) is 3.63. The van der Waals surface area contributed by atoms with Gasteiger partial charge >= 0.3 is 0 Å². The molecule has 0 bridgehead atoms. The summed E-state index contributed by atoms with van der Waals surface area (Å²) in [6.07, 6.45) is 1.13. The Bertz CT molecular complexity index is 709. The van der Waals surface area contributed by atoms with Gasteiger partial charge in [-0.3, -0.25) is 0 Å². The van der Waals surface area contributed by atoms with E-state index >= 15 is 0 Å². The molecule has 2 aromatic heterocycles. The summed E-state index contributed by atoms with van der Waals surface area (Å²) in [4.78, 5) is 2.90. The molecule has 0 saturated heterocycles. The van der Waals surface area contributed by atoms with Crippen molar-refractivity contribution in [3.8, 4) is 0 Å². The second-order valence-corrected chi connectivity index (χ2v) is 6.29. The van der Waals surface area contributed by atoms with E-state index in [1.54, 1.807) is 0 Å². The zero-order valence-corrected chi connectivity index (χ0v) is 12.8. The number of rotatable bonds is 5. The molecule has 0 spiro atoms. The average Bonchev–Trinajstić information content (AvgIpc) is 3.05. The molecule has 3 aromatic rings. The van der Waals surface area contributed by atoms with E-state index in [1.165, 1.54) is 26.4 Å². The highest BCUT2D eigenvalue weighted by molar-refractivity contribution is 7.11. The van der Waals surface area contributed by atoms with Crippen LogP contribution in [0.25, 0.3) is 10.9 Å². The number of hydrogen-bond donors (Lipinski definition) is 1. The van der Waals surface area contributed by atoms with Crippen molar-refractivity contribution < 1.29 is 0 Å². The molecule has 2 heterocycles. The summed E-state index contributed by atoms with van der Waals surface area (Å²) < 4.78 is 2.43. The van der Waals surface area contributed by atoms with E-state index in [2.05, 4.69) is 59.3 Å². The second kappa shape index (κ2) is 5.81. The fourth-order valence-corrected chi connectivity index (χ4v) is 3.58. The Morgan fingerprint density at radius 2 is 1.90 bits per heavy atom. The number of thiophene rings is 1. The van der Waals surface area contributed by atoms with Crippen LogP contribution in [-0.2, 0) is 19.5 Å². The van der Waals surface area contributed by atoms with Crippen LogP contribution in [0.5, 0.6) is 0 Å². The molecule has 20 heavy (non-hydrogen) atoms. The van der Waals surface area contributed by atoms with Gasteiger partial charge in [0.1, 0.15) is 0 Å². The van der Waals surface area contributed by atoms with Gasteiger partial charge in [-0.1, -0.05) is 25.1 Å². The lowest BCUT2D eigenvalue weighted by Crippen LogP contribution is -2.11. The Morgan fingerprint density at radius 1 is 1.10 bits per heavy atom. The molecular weight excluding hydrogens is 264 g/mol. The summed E-state index contributed by atoms with van der Waals surface area (Å²) >= 11 is 1.93. The zero-order chi connectivity index (χ0) is 13.9. The number of benzene rings is 1. The van der Waals surface area contributed by atoms with Crippen molar-refractivity contribution in [2.45, 2.75) is 26.4 Å². The molecule has 1 aromatic carbocycles. The molecule has 0 aliphatic rings. The first-order valence-corrected chi connectivity index (χ1v) is 7.92. The van der Waals surface area contributed by atoms with E-state index in [9.17, 15) is 0 Å². The number of aryl methyl sites for hydroxylation is 1. The maximum Gasteiger partial charge on any atom is 0.0572 e. The SMILES string of the molecule is CCc1ccc(Cn2c(CNC)cc3ccccc32)s1. The van der Waals surface area contributed by atoms with Crippen LogP contribution in [0.2, 0.25) is 0 Å². The number of nitrogens with one attached hydrogen (secondary N) is 1. The number of fused-ring (bicyclic) bond motifs is 1. The highest BCUT2D eigenvalue weighted by Crippen LogP contribution is 2.24. The van der Waals surface area contributed by atoms with Crippen LogP contribution in [0.1, 0.15) is 22.4 Å². The van der Waals surface area contributed by atoms with Crippen molar-refractivity contribution >= 4 is 22.2 Å². The predicted molar refractivity (Wildman–Crippen MR) is 87.5 cm³/mol. The van der Waals surface area contributed by atoms with E-state index in [0.29, 0.717) is 0 Å². The molecular formula is C17H20N2S. The van der Waals surface area contributed by atoms with Crippen LogP contribution in [0.3, 0.4) is 0 Å². The number of aromatic nitrogens is 1. The molecule has 2 nitrogen and oxygen atoms in total. The Morgan fingerprint density at radius 3 is 2.65 bits per heavy atom. The lowest BCUT2D eigenvalue weighted by atomic mass is 10.2. The van der Waals surface area contributed by atoms with Crippen LogP contribution in [0.15, 0.2) is 42.5 Å². The van der Waals surface area contributed by atoms with E-state index in [0.717, 1.165) is 19.5 Å². The van der Waals surface area contributed by atoms with Crippen LogP contribution < -0.4 is 5.32 Å². The molecule has 0 amide bonds. The molecule has 0 aliphatic carbocycles. The number of para-hydroxylation sites is 1. The molecule has 0 fully saturated rings. The summed E-state index contributed by atoms with van der Waals surface area (Å²) in [7, 11) is 2.00. The lowest BCUT2D eigenvalue weighted by molar-refractivity contribution is 0.713. The van der Waals surface area contributed by atoms with Crippen LogP contribution in [0, 0.1) is 0 Å². The normalized spacial score (nSPS) is 11.3. The predicted octanol–water partition coefficient (Wildman–Crippen LogP) is 4.03. The van der Waals surface area contributed by atoms with E-state index in [-0.39, 0.29) is 0 Å². The van der Waals surface area contributed by atoms with Gasteiger partial charge in [-0.15, -0.1) is 11.3 Å². The third kappa shape index (κ3) is 2.51. The largest absolute Gasteiger partial charge is 0.338 e. The fourth-order valence-electron chi connectivity index (χ4n) is 2.63. The van der Waals surface area contributed by atoms with E-state index < -0.39 is 0 Å². The minimum absolute atomic E-state index is 0.903. The molecule has 0 atom stereocenters. The maximum absolute atomic E-state index is 3.27. The standard InChI is InChI=1S/C17H20N2S/c1-3-15-8-9-16(20-15)12-19-14(11-18-2)10-13-6-4-5-7-17(13)19/h4-10,18H,3,11-12H2,1-2H3. The fraction of sp³-hybridized carbons (Fsp3) is 0.294. The van der Waals surface area contributed by atoms with Crippen molar-refractivity contribution in [3.05, 3.63) is 57.9 Å². The monoisotopic (exact) mass is 284 g/mol. The first-order chi connectivity index (χ1) is 9.81. The molecule has 1 N–H and O–H groups in total. The van der Waals surface area contributed by atoms with Crippen molar-refractivity contribution in [3.63, 3.8) is 0 Å². The van der Waals surface area contributed by atoms with Crippen LogP contribution >= 0.6 is 11.3 Å². The first-order valence-electron chi connectivity index (χ1n) is 7.11. The highest BCUT2D eigenvalue weighted by atomic mass is 32.1. The molecule has 0 aliphatic heterocycles. The molecule has 3 heteroatoms. The van der Waals surface area contributed by atoms with Crippen molar-refractivity contribution in [2.24, 2.45) is 0 Å². The highest BCUT2D eigenvalue weighted by Gasteiger charge is 2.09. The van der Waals surface area contributed by atoms with Gasteiger partial charge in [-0.25, -0.2) is 0 Å². The van der Waals surface area contributed by atoms with E-state index in [1.807, 2.05) is 18.4 Å². The maximum atomic E-state index is 3.27. The average molecular weight is 284 g/mol. The second-order valence-electron chi connectivity index (χ2n) is 5.03. The van der Waals surface area contributed by atoms with Gasteiger partial charge < -0.3 is 9.88 Å². The van der Waals surface area contributed by atoms with Gasteiger partial charge in [-0.2, -0.15) is 0 Å². The van der Waals surface area contributed by atoms with E-state index in [4.69, 9.17) is 0 Å². The Balaban J connectivity index is 2.01. The van der Waals surface area contributed by atoms with Gasteiger partial charge in [0.05, 0.1) is 6.54 Å². The van der Waals surface area contributed by atoms with Crippen molar-refractivity contribution in [1.29, 1.82) is 0 Å². The summed E-state index contributed by atoms with van der Waals surface area (Å²) in [5, 5.41) is 4.59. The zero-order valence-electron chi connectivity index (χ0n) is 12.0. The molecule has 0 unspecified atom stereocenters. The summed E-state index contributed by atoms with van der Waals surface area (Å²) in [6, 6.07) is 15.4. The molecule has 104 valence electrons. The van der Waals surface area contributed by atoms with Crippen LogP contribution in [0.4, 0.5) is 0 Å². The topological polar surface area (TPSA) is 17.0 Å². The number of hydrogen-bond acceptors (Lipinski definition) is 2.